The molecule has 1 aromatic rings. The topological polar surface area (TPSA) is 43.4 Å². The first-order valence-electron chi connectivity index (χ1n) is 4.93. The summed E-state index contributed by atoms with van der Waals surface area (Å²) >= 11 is 3.30. The summed E-state index contributed by atoms with van der Waals surface area (Å²) in [5.41, 5.74) is 0. The zero-order valence-electron chi connectivity index (χ0n) is 9.53. The third-order valence-corrected chi connectivity index (χ3v) is 3.63. The fourth-order valence-corrected chi connectivity index (χ4v) is 2.38. The molecule has 0 spiro atoms. The molecule has 5 heteroatoms. The first-order chi connectivity index (χ1) is 7.30. The van der Waals surface area contributed by atoms with Crippen molar-refractivity contribution in [3.63, 3.8) is 0 Å². The Bertz CT molecular complexity index is 466. The zero-order chi connectivity index (χ0) is 12.3. The highest BCUT2D eigenvalue weighted by Gasteiger charge is 2.10. The van der Waals surface area contributed by atoms with Crippen molar-refractivity contribution in [2.24, 2.45) is 5.92 Å². The van der Waals surface area contributed by atoms with Crippen LogP contribution in [0.1, 0.15) is 13.8 Å². The second-order valence-electron chi connectivity index (χ2n) is 4.07. The van der Waals surface area contributed by atoms with Crippen molar-refractivity contribution in [3.05, 3.63) is 22.7 Å². The van der Waals surface area contributed by atoms with E-state index in [-0.39, 0.29) is 4.90 Å². The van der Waals surface area contributed by atoms with Crippen LogP contribution in [0.25, 0.3) is 0 Å². The minimum absolute atomic E-state index is 0.288. The number of rotatable bonds is 4. The van der Waals surface area contributed by atoms with Crippen LogP contribution in [0.3, 0.4) is 0 Å². The van der Waals surface area contributed by atoms with Crippen molar-refractivity contribution in [1.82, 2.24) is 0 Å². The van der Waals surface area contributed by atoms with Gasteiger partial charge in [0.1, 0.15) is 5.75 Å². The summed E-state index contributed by atoms with van der Waals surface area (Å²) in [6, 6.07) is 4.78. The molecular formula is C11H15BrO3S. The van der Waals surface area contributed by atoms with Crippen molar-refractivity contribution < 1.29 is 13.2 Å². The highest BCUT2D eigenvalue weighted by molar-refractivity contribution is 9.10. The van der Waals surface area contributed by atoms with Gasteiger partial charge < -0.3 is 4.74 Å². The van der Waals surface area contributed by atoms with E-state index in [4.69, 9.17) is 4.74 Å². The minimum Gasteiger partial charge on any atom is -0.492 e. The van der Waals surface area contributed by atoms with Crippen LogP contribution in [-0.4, -0.2) is 21.3 Å². The standard InChI is InChI=1S/C11H15BrO3S/c1-8(2)7-15-11-5-4-9(6-10(11)12)16(3,13)14/h4-6,8H,7H2,1-3H3. The molecule has 0 amide bonds. The molecule has 90 valence electrons. The van der Waals surface area contributed by atoms with Crippen molar-refractivity contribution >= 4 is 25.8 Å². The molecule has 0 aliphatic heterocycles. The van der Waals surface area contributed by atoms with Crippen LogP contribution in [0, 0.1) is 5.92 Å². The van der Waals surface area contributed by atoms with Crippen molar-refractivity contribution in [2.45, 2.75) is 18.7 Å². The molecule has 1 rings (SSSR count). The average molecular weight is 307 g/mol. The Morgan fingerprint density at radius 1 is 1.38 bits per heavy atom. The van der Waals surface area contributed by atoms with E-state index in [2.05, 4.69) is 29.8 Å². The number of hydrogen-bond acceptors (Lipinski definition) is 3. The van der Waals surface area contributed by atoms with E-state index >= 15 is 0 Å². The predicted molar refractivity (Wildman–Crippen MR) is 67.6 cm³/mol. The van der Waals surface area contributed by atoms with Gasteiger partial charge in [-0.15, -0.1) is 0 Å². The molecule has 0 saturated carbocycles. The first kappa shape index (κ1) is 13.5. The van der Waals surface area contributed by atoms with Gasteiger partial charge in [0, 0.05) is 6.26 Å². The van der Waals surface area contributed by atoms with Crippen LogP contribution in [0.4, 0.5) is 0 Å². The fraction of sp³-hybridized carbons (Fsp3) is 0.455. The summed E-state index contributed by atoms with van der Waals surface area (Å²) in [6.07, 6.45) is 1.18. The van der Waals surface area contributed by atoms with Crippen LogP contribution in [-0.2, 0) is 9.84 Å². The normalized spacial score (nSPS) is 11.8. The summed E-state index contributed by atoms with van der Waals surface area (Å²) in [5.74, 6) is 1.10. The first-order valence-corrected chi connectivity index (χ1v) is 7.61. The van der Waals surface area contributed by atoms with Gasteiger partial charge in [-0.05, 0) is 40.0 Å². The molecule has 0 heterocycles. The van der Waals surface area contributed by atoms with Gasteiger partial charge in [-0.1, -0.05) is 13.8 Å². The van der Waals surface area contributed by atoms with Crippen molar-refractivity contribution in [3.8, 4) is 5.75 Å². The minimum atomic E-state index is -3.16. The van der Waals surface area contributed by atoms with Crippen molar-refractivity contribution in [2.75, 3.05) is 12.9 Å². The molecule has 0 atom stereocenters. The van der Waals surface area contributed by atoms with Gasteiger partial charge in [0.2, 0.25) is 0 Å². The van der Waals surface area contributed by atoms with E-state index in [0.29, 0.717) is 22.7 Å². The Kier molecular flexibility index (Phi) is 4.38. The largest absolute Gasteiger partial charge is 0.492 e. The van der Waals surface area contributed by atoms with Gasteiger partial charge in [-0.3, -0.25) is 0 Å². The molecule has 0 fully saturated rings. The quantitative estimate of drug-likeness (QED) is 0.859. The molecule has 16 heavy (non-hydrogen) atoms. The number of ether oxygens (including phenoxy) is 1. The van der Waals surface area contributed by atoms with Crippen molar-refractivity contribution in [1.29, 1.82) is 0 Å². The molecule has 0 N–H and O–H groups in total. The molecule has 0 aromatic heterocycles. The van der Waals surface area contributed by atoms with Crippen LogP contribution >= 0.6 is 15.9 Å². The molecule has 0 radical (unpaired) electrons. The van der Waals surface area contributed by atoms with Gasteiger partial charge >= 0.3 is 0 Å². The van der Waals surface area contributed by atoms with Gasteiger partial charge in [0.25, 0.3) is 0 Å². The fourth-order valence-electron chi connectivity index (χ4n) is 1.09. The maximum absolute atomic E-state index is 11.3. The highest BCUT2D eigenvalue weighted by atomic mass is 79.9. The third kappa shape index (κ3) is 3.79. The van der Waals surface area contributed by atoms with Gasteiger partial charge in [0.05, 0.1) is 16.0 Å². The lowest BCUT2D eigenvalue weighted by Crippen LogP contribution is -2.05. The van der Waals surface area contributed by atoms with E-state index in [1.54, 1.807) is 18.2 Å². The number of hydrogen-bond donors (Lipinski definition) is 0. The second-order valence-corrected chi connectivity index (χ2v) is 6.94. The summed E-state index contributed by atoms with van der Waals surface area (Å²) in [5, 5.41) is 0. The molecule has 1 aromatic carbocycles. The van der Waals surface area contributed by atoms with Crippen LogP contribution in [0.5, 0.6) is 5.75 Å². The van der Waals surface area contributed by atoms with Gasteiger partial charge in [-0.25, -0.2) is 8.42 Å². The second kappa shape index (κ2) is 5.19. The van der Waals surface area contributed by atoms with Gasteiger partial charge in [-0.2, -0.15) is 0 Å². The Hall–Kier alpha value is -0.550. The zero-order valence-corrected chi connectivity index (χ0v) is 11.9. The molecular weight excluding hydrogens is 292 g/mol. The van der Waals surface area contributed by atoms with Crippen LogP contribution in [0.2, 0.25) is 0 Å². The van der Waals surface area contributed by atoms with E-state index < -0.39 is 9.84 Å². The SMILES string of the molecule is CC(C)COc1ccc(S(C)(=O)=O)cc1Br. The predicted octanol–water partition coefficient (Wildman–Crippen LogP) is 2.89. The lowest BCUT2D eigenvalue weighted by Gasteiger charge is -2.10. The molecule has 3 nitrogen and oxygen atoms in total. The molecule has 0 aliphatic carbocycles. The summed E-state index contributed by atoms with van der Waals surface area (Å²) < 4.78 is 28.8. The lowest BCUT2D eigenvalue weighted by molar-refractivity contribution is 0.269. The molecule has 0 unspecified atom stereocenters. The summed E-state index contributed by atoms with van der Waals surface area (Å²) in [4.78, 5) is 0.288. The Morgan fingerprint density at radius 2 is 2.00 bits per heavy atom. The molecule has 0 aliphatic rings. The number of sulfone groups is 1. The Labute approximate surface area is 105 Å². The molecule has 0 bridgehead atoms. The van der Waals surface area contributed by atoms with Crippen LogP contribution in [0.15, 0.2) is 27.6 Å². The number of benzene rings is 1. The Morgan fingerprint density at radius 3 is 2.44 bits per heavy atom. The maximum Gasteiger partial charge on any atom is 0.175 e. The molecule has 0 saturated heterocycles. The van der Waals surface area contributed by atoms with E-state index in [9.17, 15) is 8.42 Å². The summed E-state index contributed by atoms with van der Waals surface area (Å²) in [7, 11) is -3.16. The lowest BCUT2D eigenvalue weighted by atomic mass is 10.2. The van der Waals surface area contributed by atoms with Gasteiger partial charge in [0.15, 0.2) is 9.84 Å². The summed E-state index contributed by atoms with van der Waals surface area (Å²) in [6.45, 7) is 4.72. The average Bonchev–Trinajstić information content (AvgIpc) is 2.14. The number of halogens is 1. The maximum atomic E-state index is 11.3. The Balaban J connectivity index is 2.92. The third-order valence-electron chi connectivity index (χ3n) is 1.90. The van der Waals surface area contributed by atoms with E-state index in [1.807, 2.05) is 0 Å². The monoisotopic (exact) mass is 306 g/mol. The smallest absolute Gasteiger partial charge is 0.175 e. The van der Waals surface area contributed by atoms with E-state index in [1.165, 1.54) is 6.26 Å². The van der Waals surface area contributed by atoms with Crippen LogP contribution < -0.4 is 4.74 Å². The highest BCUT2D eigenvalue weighted by Crippen LogP contribution is 2.28. The van der Waals surface area contributed by atoms with E-state index in [0.717, 1.165) is 0 Å².